The fourth-order valence-electron chi connectivity index (χ4n) is 1.17. The van der Waals surface area contributed by atoms with Crippen LogP contribution in [0.15, 0.2) is 0 Å². The predicted molar refractivity (Wildman–Crippen MR) is 61.5 cm³/mol. The van der Waals surface area contributed by atoms with Crippen molar-refractivity contribution in [3.63, 3.8) is 0 Å². The molecule has 0 aliphatic carbocycles. The van der Waals surface area contributed by atoms with Crippen LogP contribution in [0.5, 0.6) is 0 Å². The van der Waals surface area contributed by atoms with E-state index in [1.54, 1.807) is 0 Å². The molecule has 0 saturated heterocycles. The molecule has 0 N–H and O–H groups in total. The Kier molecular flexibility index (Phi) is 8.27. The molecular formula is C10H20ClNTe. The zero-order valence-electron chi connectivity index (χ0n) is 8.68. The van der Waals surface area contributed by atoms with Crippen LogP contribution >= 0.6 is 8.96 Å². The number of unbranched alkanes of at least 4 members (excludes halogenated alkanes) is 2. The molecule has 0 amide bonds. The summed E-state index contributed by atoms with van der Waals surface area (Å²) in [6.07, 6.45) is 4.85. The number of hydrogen-bond donors (Lipinski definition) is 0. The first-order chi connectivity index (χ1) is 6.18. The van der Waals surface area contributed by atoms with Gasteiger partial charge in [-0.25, -0.2) is 0 Å². The van der Waals surface area contributed by atoms with Crippen LogP contribution in [0.25, 0.3) is 0 Å². The molecule has 78 valence electrons. The fraction of sp³-hybridized carbons (Fsp3) is 0.900. The topological polar surface area (TPSA) is 23.8 Å². The molecular weight excluding hydrogens is 297 g/mol. The summed E-state index contributed by atoms with van der Waals surface area (Å²) in [6, 6.07) is 2.28. The van der Waals surface area contributed by atoms with E-state index in [4.69, 9.17) is 14.2 Å². The van der Waals surface area contributed by atoms with E-state index in [0.717, 1.165) is 0 Å². The van der Waals surface area contributed by atoms with E-state index in [2.05, 4.69) is 19.9 Å². The zero-order valence-corrected chi connectivity index (χ0v) is 11.8. The average Bonchev–Trinajstić information content (AvgIpc) is 2.12. The maximum absolute atomic E-state index is 8.71. The summed E-state index contributed by atoms with van der Waals surface area (Å²) >= 11 is -2.21. The molecule has 0 aromatic carbocycles. The third-order valence-corrected chi connectivity index (χ3v) is 12.5. The monoisotopic (exact) mass is 319 g/mol. The molecule has 0 radical (unpaired) electrons. The Morgan fingerprint density at radius 1 is 1.15 bits per heavy atom. The molecule has 0 aromatic heterocycles. The molecule has 3 heteroatoms. The van der Waals surface area contributed by atoms with Crippen LogP contribution in [-0.4, -0.2) is 17.1 Å². The molecule has 0 bridgehead atoms. The van der Waals surface area contributed by atoms with Crippen molar-refractivity contribution in [3.05, 3.63) is 0 Å². The molecule has 0 unspecified atom stereocenters. The summed E-state index contributed by atoms with van der Waals surface area (Å²) in [5.41, 5.74) is 0. The van der Waals surface area contributed by atoms with Crippen LogP contribution in [0.2, 0.25) is 13.4 Å². The summed E-state index contributed by atoms with van der Waals surface area (Å²) in [7, 11) is 6.56. The van der Waals surface area contributed by atoms with Gasteiger partial charge in [0.15, 0.2) is 0 Å². The van der Waals surface area contributed by atoms with Gasteiger partial charge in [-0.2, -0.15) is 0 Å². The van der Waals surface area contributed by atoms with Gasteiger partial charge >= 0.3 is 90.3 Å². The Bertz CT molecular complexity index is 157. The average molecular weight is 317 g/mol. The second kappa shape index (κ2) is 7.93. The summed E-state index contributed by atoms with van der Waals surface area (Å²) in [5.74, 6) is 0. The van der Waals surface area contributed by atoms with Crippen molar-refractivity contribution < 1.29 is 0 Å². The second-order valence-corrected chi connectivity index (χ2v) is 16.3. The first kappa shape index (κ1) is 13.6. The summed E-state index contributed by atoms with van der Waals surface area (Å²) < 4.78 is 3.03. The molecule has 0 aliphatic rings. The molecule has 1 nitrogen and oxygen atoms in total. The SMILES string of the molecule is CCCC[Te](Cl)(CC#N)CCCC. The van der Waals surface area contributed by atoms with Crippen LogP contribution in [0, 0.1) is 11.3 Å². The number of hydrogen-bond acceptors (Lipinski definition) is 1. The van der Waals surface area contributed by atoms with Crippen LogP contribution in [0.4, 0.5) is 0 Å². The normalized spacial score (nSPS) is 12.5. The van der Waals surface area contributed by atoms with Crippen molar-refractivity contribution in [2.24, 2.45) is 0 Å². The molecule has 0 saturated carbocycles. The van der Waals surface area contributed by atoms with E-state index in [-0.39, 0.29) is 0 Å². The number of halogens is 1. The van der Waals surface area contributed by atoms with Gasteiger partial charge in [-0.1, -0.05) is 0 Å². The van der Waals surface area contributed by atoms with Gasteiger partial charge in [0, 0.05) is 0 Å². The van der Waals surface area contributed by atoms with Gasteiger partial charge in [0.25, 0.3) is 0 Å². The minimum absolute atomic E-state index is 0.685. The summed E-state index contributed by atoms with van der Waals surface area (Å²) in [5, 5.41) is 8.71. The van der Waals surface area contributed by atoms with Crippen LogP contribution in [0.1, 0.15) is 39.5 Å². The number of nitriles is 1. The Balaban J connectivity index is 3.93. The van der Waals surface area contributed by atoms with E-state index >= 15 is 0 Å². The minimum atomic E-state index is -2.21. The van der Waals surface area contributed by atoms with Crippen molar-refractivity contribution in [2.75, 3.05) is 0 Å². The Hall–Kier alpha value is 0.570. The molecule has 0 atom stereocenters. The van der Waals surface area contributed by atoms with Crippen LogP contribution in [-0.2, 0) is 0 Å². The van der Waals surface area contributed by atoms with Crippen molar-refractivity contribution in [1.82, 2.24) is 0 Å². The molecule has 0 fully saturated rings. The van der Waals surface area contributed by atoms with Crippen LogP contribution < -0.4 is 0 Å². The van der Waals surface area contributed by atoms with Crippen molar-refractivity contribution in [1.29, 1.82) is 5.26 Å². The predicted octanol–water partition coefficient (Wildman–Crippen LogP) is 4.29. The first-order valence-corrected chi connectivity index (χ1v) is 12.9. The van der Waals surface area contributed by atoms with Gasteiger partial charge in [-0.05, 0) is 0 Å². The quantitative estimate of drug-likeness (QED) is 0.642. The molecule has 0 aliphatic heterocycles. The van der Waals surface area contributed by atoms with Gasteiger partial charge in [0.05, 0.1) is 0 Å². The van der Waals surface area contributed by atoms with Gasteiger partial charge < -0.3 is 0 Å². The van der Waals surface area contributed by atoms with E-state index in [9.17, 15) is 0 Å². The summed E-state index contributed by atoms with van der Waals surface area (Å²) in [6.45, 7) is 4.37. The molecule has 0 heterocycles. The second-order valence-electron chi connectivity index (χ2n) is 3.36. The molecule has 0 spiro atoms. The van der Waals surface area contributed by atoms with Gasteiger partial charge in [0.2, 0.25) is 0 Å². The Morgan fingerprint density at radius 3 is 1.92 bits per heavy atom. The third-order valence-electron chi connectivity index (χ3n) is 2.05. The maximum atomic E-state index is 8.71. The molecule has 13 heavy (non-hydrogen) atoms. The Morgan fingerprint density at radius 2 is 1.62 bits per heavy atom. The zero-order chi connectivity index (χ0) is 10.2. The standard InChI is InChI=1S/C10H20ClNTe/c1-3-5-8-13(11,10-7-12)9-6-4-2/h3-6,8-10H2,1-2H3. The van der Waals surface area contributed by atoms with Crippen molar-refractivity contribution >= 4 is 26.0 Å². The van der Waals surface area contributed by atoms with Crippen molar-refractivity contribution in [2.45, 2.75) is 52.9 Å². The van der Waals surface area contributed by atoms with Gasteiger partial charge in [0.1, 0.15) is 0 Å². The number of rotatable bonds is 7. The van der Waals surface area contributed by atoms with E-state index in [0.29, 0.717) is 4.47 Å². The number of nitrogens with zero attached hydrogens (tertiary/aromatic N) is 1. The fourth-order valence-corrected chi connectivity index (χ4v) is 9.63. The van der Waals surface area contributed by atoms with Gasteiger partial charge in [-0.3, -0.25) is 0 Å². The van der Waals surface area contributed by atoms with Crippen molar-refractivity contribution in [3.8, 4) is 6.07 Å². The third kappa shape index (κ3) is 6.62. The van der Waals surface area contributed by atoms with E-state index in [1.165, 1.54) is 34.6 Å². The van der Waals surface area contributed by atoms with E-state index in [1.807, 2.05) is 0 Å². The molecule has 0 rings (SSSR count). The molecule has 0 aromatic rings. The van der Waals surface area contributed by atoms with E-state index < -0.39 is 17.1 Å². The first-order valence-electron chi connectivity index (χ1n) is 5.01. The van der Waals surface area contributed by atoms with Gasteiger partial charge in [-0.15, -0.1) is 0 Å². The Labute approximate surface area is 90.0 Å². The van der Waals surface area contributed by atoms with Crippen LogP contribution in [0.3, 0.4) is 0 Å². The summed E-state index contributed by atoms with van der Waals surface area (Å²) in [4.78, 5) is 0.